The molecule has 0 spiro atoms. The largest absolute Gasteiger partial charge is 0.374 e. The van der Waals surface area contributed by atoms with Gasteiger partial charge in [0.15, 0.2) is 11.9 Å². The molecule has 1 aliphatic heterocycles. The van der Waals surface area contributed by atoms with Crippen molar-refractivity contribution in [3.8, 4) is 6.07 Å². The minimum atomic E-state index is -0.627. The Hall–Kier alpha value is -3.32. The molecule has 38 heavy (non-hydrogen) atoms. The first-order valence-corrected chi connectivity index (χ1v) is 13.2. The number of ether oxygens (including phenoxy) is 4. The number of hydrogen-bond donors (Lipinski definition) is 0. The van der Waals surface area contributed by atoms with Gasteiger partial charge in [-0.1, -0.05) is 91.0 Å². The van der Waals surface area contributed by atoms with Crippen molar-refractivity contribution in [2.24, 2.45) is 0 Å². The summed E-state index contributed by atoms with van der Waals surface area (Å²) < 4.78 is 27.7. The summed E-state index contributed by atoms with van der Waals surface area (Å²) in [4.78, 5) is 4.28. The molecular weight excluding hydrogens is 546 g/mol. The van der Waals surface area contributed by atoms with Gasteiger partial charge in [-0.15, -0.1) is 0 Å². The van der Waals surface area contributed by atoms with Crippen LogP contribution in [0.25, 0.3) is 0 Å². The van der Waals surface area contributed by atoms with Gasteiger partial charge in [0.05, 0.1) is 32.8 Å². The molecule has 0 bridgehead atoms. The second-order valence-electron chi connectivity index (χ2n) is 8.99. The molecule has 0 N–H and O–H groups in total. The van der Waals surface area contributed by atoms with Crippen LogP contribution in [-0.4, -0.2) is 34.5 Å². The van der Waals surface area contributed by atoms with E-state index < -0.39 is 24.5 Å². The third kappa shape index (κ3) is 6.38. The second kappa shape index (κ2) is 13.0. The average Bonchev–Trinajstić information content (AvgIpc) is 3.51. The first-order chi connectivity index (χ1) is 18.7. The maximum Gasteiger partial charge on any atom is 0.165 e. The molecule has 194 valence electrons. The fourth-order valence-electron chi connectivity index (χ4n) is 4.48. The molecule has 4 aromatic rings. The molecule has 1 fully saturated rings. The topological polar surface area (TPSA) is 78.5 Å². The molecule has 8 heteroatoms. The molecule has 1 saturated heterocycles. The standard InChI is InChI=1S/C30H28BrN3O4/c31-29-25(16-32)34(21-33-29)30-28(37-19-24-14-8-3-9-15-24)27(36-18-23-12-6-2-7-13-23)26(38-30)20-35-17-22-10-4-1-5-11-22/h1-15,21,26-28,30H,17-20H2/t26-,27-,28-,30-/m1/s1. The summed E-state index contributed by atoms with van der Waals surface area (Å²) in [5.41, 5.74) is 3.51. The van der Waals surface area contributed by atoms with Crippen LogP contribution in [0.5, 0.6) is 0 Å². The summed E-state index contributed by atoms with van der Waals surface area (Å²) in [7, 11) is 0. The van der Waals surface area contributed by atoms with E-state index in [-0.39, 0.29) is 0 Å². The zero-order chi connectivity index (χ0) is 26.2. The molecule has 5 rings (SSSR count). The van der Waals surface area contributed by atoms with E-state index in [0.717, 1.165) is 16.7 Å². The van der Waals surface area contributed by atoms with Gasteiger partial charge < -0.3 is 18.9 Å². The fraction of sp³-hybridized carbons (Fsp3) is 0.267. The van der Waals surface area contributed by atoms with E-state index in [1.807, 2.05) is 91.0 Å². The summed E-state index contributed by atoms with van der Waals surface area (Å²) in [5.74, 6) is 0. The van der Waals surface area contributed by atoms with Gasteiger partial charge in [0.2, 0.25) is 0 Å². The highest BCUT2D eigenvalue weighted by Gasteiger charge is 2.48. The molecule has 0 radical (unpaired) electrons. The van der Waals surface area contributed by atoms with Crippen molar-refractivity contribution in [1.82, 2.24) is 9.55 Å². The second-order valence-corrected chi connectivity index (χ2v) is 9.74. The highest BCUT2D eigenvalue weighted by atomic mass is 79.9. The van der Waals surface area contributed by atoms with Crippen LogP contribution in [0.3, 0.4) is 0 Å². The highest BCUT2D eigenvalue weighted by Crippen LogP contribution is 2.37. The Morgan fingerprint density at radius 2 is 1.32 bits per heavy atom. The van der Waals surface area contributed by atoms with Gasteiger partial charge in [-0.05, 0) is 32.6 Å². The minimum Gasteiger partial charge on any atom is -0.374 e. The van der Waals surface area contributed by atoms with Crippen LogP contribution in [0.4, 0.5) is 0 Å². The first-order valence-electron chi connectivity index (χ1n) is 12.4. The lowest BCUT2D eigenvalue weighted by atomic mass is 10.1. The molecule has 1 aromatic heterocycles. The molecular formula is C30H28BrN3O4. The van der Waals surface area contributed by atoms with Crippen LogP contribution in [0.2, 0.25) is 0 Å². The van der Waals surface area contributed by atoms with Gasteiger partial charge in [-0.2, -0.15) is 5.26 Å². The Morgan fingerprint density at radius 3 is 1.87 bits per heavy atom. The van der Waals surface area contributed by atoms with Gasteiger partial charge in [0, 0.05) is 0 Å². The number of nitriles is 1. The van der Waals surface area contributed by atoms with Crippen molar-refractivity contribution in [3.63, 3.8) is 0 Å². The number of benzene rings is 3. The van der Waals surface area contributed by atoms with Crippen molar-refractivity contribution >= 4 is 15.9 Å². The SMILES string of the molecule is N#Cc1c(Br)ncn1[C@@H]1O[C@H](COCc2ccccc2)[C@@H](OCc2ccccc2)[C@H]1OCc1ccccc1. The molecule has 4 atom stereocenters. The van der Waals surface area contributed by atoms with Crippen LogP contribution in [0.1, 0.15) is 28.6 Å². The lowest BCUT2D eigenvalue weighted by Gasteiger charge is -2.25. The number of aromatic nitrogens is 2. The van der Waals surface area contributed by atoms with Gasteiger partial charge in [0.25, 0.3) is 0 Å². The van der Waals surface area contributed by atoms with Crippen LogP contribution < -0.4 is 0 Å². The predicted octanol–water partition coefficient (Wildman–Crippen LogP) is 5.80. The summed E-state index contributed by atoms with van der Waals surface area (Å²) >= 11 is 3.37. The zero-order valence-electron chi connectivity index (χ0n) is 20.7. The Morgan fingerprint density at radius 1 is 0.789 bits per heavy atom. The summed E-state index contributed by atoms with van der Waals surface area (Å²) in [6.07, 6.45) is -0.433. The Balaban J connectivity index is 1.40. The maximum absolute atomic E-state index is 9.80. The van der Waals surface area contributed by atoms with Gasteiger partial charge in [-0.3, -0.25) is 4.57 Å². The van der Waals surface area contributed by atoms with E-state index in [4.69, 9.17) is 18.9 Å². The van der Waals surface area contributed by atoms with E-state index >= 15 is 0 Å². The molecule has 0 aliphatic carbocycles. The monoisotopic (exact) mass is 573 g/mol. The number of imidazole rings is 1. The molecule has 3 aromatic carbocycles. The van der Waals surface area contributed by atoms with Crippen molar-refractivity contribution in [2.45, 2.75) is 44.4 Å². The molecule has 7 nitrogen and oxygen atoms in total. The lowest BCUT2D eigenvalue weighted by Crippen LogP contribution is -2.38. The zero-order valence-corrected chi connectivity index (χ0v) is 22.3. The minimum absolute atomic E-state index is 0.299. The summed E-state index contributed by atoms with van der Waals surface area (Å²) in [6, 6.07) is 32.2. The third-order valence-electron chi connectivity index (χ3n) is 6.38. The van der Waals surface area contributed by atoms with Crippen molar-refractivity contribution in [3.05, 3.63) is 124 Å². The van der Waals surface area contributed by atoms with Crippen LogP contribution in [-0.2, 0) is 38.8 Å². The van der Waals surface area contributed by atoms with Gasteiger partial charge >= 0.3 is 0 Å². The van der Waals surface area contributed by atoms with E-state index in [0.29, 0.717) is 36.7 Å². The number of rotatable bonds is 11. The molecule has 2 heterocycles. The first kappa shape index (κ1) is 26.3. The van der Waals surface area contributed by atoms with E-state index in [9.17, 15) is 5.26 Å². The normalized spacial score (nSPS) is 20.8. The molecule has 0 amide bonds. The average molecular weight is 574 g/mol. The third-order valence-corrected chi connectivity index (χ3v) is 6.96. The smallest absolute Gasteiger partial charge is 0.165 e. The quantitative estimate of drug-likeness (QED) is 0.225. The highest BCUT2D eigenvalue weighted by molar-refractivity contribution is 9.10. The maximum atomic E-state index is 9.80. The van der Waals surface area contributed by atoms with Crippen LogP contribution in [0.15, 0.2) is 102 Å². The molecule has 0 unspecified atom stereocenters. The van der Waals surface area contributed by atoms with Crippen LogP contribution in [0, 0.1) is 11.3 Å². The van der Waals surface area contributed by atoms with Crippen molar-refractivity contribution in [2.75, 3.05) is 6.61 Å². The Kier molecular flexibility index (Phi) is 8.97. The number of halogens is 1. The summed E-state index contributed by atoms with van der Waals surface area (Å²) in [5, 5.41) is 9.80. The summed E-state index contributed by atoms with van der Waals surface area (Å²) in [6.45, 7) is 1.51. The van der Waals surface area contributed by atoms with E-state index in [1.54, 1.807) is 10.9 Å². The lowest BCUT2D eigenvalue weighted by molar-refractivity contribution is -0.0917. The van der Waals surface area contributed by atoms with Crippen LogP contribution >= 0.6 is 15.9 Å². The van der Waals surface area contributed by atoms with Crippen molar-refractivity contribution < 1.29 is 18.9 Å². The van der Waals surface area contributed by atoms with E-state index in [2.05, 4.69) is 27.0 Å². The Labute approximate surface area is 230 Å². The van der Waals surface area contributed by atoms with E-state index in [1.165, 1.54) is 0 Å². The predicted molar refractivity (Wildman–Crippen MR) is 145 cm³/mol. The Bertz CT molecular complexity index is 1330. The number of nitrogens with zero attached hydrogens (tertiary/aromatic N) is 3. The molecule has 0 saturated carbocycles. The molecule has 1 aliphatic rings. The van der Waals surface area contributed by atoms with Gasteiger partial charge in [0.1, 0.15) is 29.0 Å². The fourth-order valence-corrected chi connectivity index (χ4v) is 4.87. The van der Waals surface area contributed by atoms with Crippen molar-refractivity contribution in [1.29, 1.82) is 5.26 Å². The number of hydrogen-bond acceptors (Lipinski definition) is 6. The van der Waals surface area contributed by atoms with Gasteiger partial charge in [-0.25, -0.2) is 4.98 Å².